The fraction of sp³-hybridized carbons (Fsp3) is 0.176. The average Bonchev–Trinajstić information content (AvgIpc) is 3.10. The van der Waals surface area contributed by atoms with E-state index in [1.807, 2.05) is 41.8 Å². The number of methoxy groups -OCH3 is 1. The van der Waals surface area contributed by atoms with Crippen molar-refractivity contribution in [1.82, 2.24) is 5.32 Å². The van der Waals surface area contributed by atoms with E-state index in [2.05, 4.69) is 5.32 Å². The smallest absolute Gasteiger partial charge is 0.331 e. The van der Waals surface area contributed by atoms with Crippen LogP contribution in [0.2, 0.25) is 0 Å². The SMILES string of the molecule is COc1ccc(CNC(=O)COC(=O)/C=C/c2cccs2)cc1. The Balaban J connectivity index is 1.69. The Labute approximate surface area is 138 Å². The van der Waals surface area contributed by atoms with Crippen LogP contribution in [-0.2, 0) is 20.9 Å². The molecule has 0 fully saturated rings. The van der Waals surface area contributed by atoms with Crippen molar-refractivity contribution >= 4 is 29.3 Å². The van der Waals surface area contributed by atoms with Crippen molar-refractivity contribution in [3.8, 4) is 5.75 Å². The molecule has 1 amide bonds. The van der Waals surface area contributed by atoms with Crippen molar-refractivity contribution in [3.05, 3.63) is 58.3 Å². The number of benzene rings is 1. The second-order valence-electron chi connectivity index (χ2n) is 4.58. The highest BCUT2D eigenvalue weighted by atomic mass is 32.1. The van der Waals surface area contributed by atoms with Crippen molar-refractivity contribution in [2.24, 2.45) is 0 Å². The summed E-state index contributed by atoms with van der Waals surface area (Å²) < 4.78 is 9.93. The summed E-state index contributed by atoms with van der Waals surface area (Å²) in [5, 5.41) is 4.60. The molecule has 1 N–H and O–H groups in total. The lowest BCUT2D eigenvalue weighted by molar-refractivity contribution is -0.143. The largest absolute Gasteiger partial charge is 0.497 e. The molecule has 0 atom stereocenters. The first-order valence-electron chi connectivity index (χ1n) is 6.95. The van der Waals surface area contributed by atoms with Gasteiger partial charge < -0.3 is 14.8 Å². The lowest BCUT2D eigenvalue weighted by Gasteiger charge is -2.06. The van der Waals surface area contributed by atoms with Crippen LogP contribution in [0.15, 0.2) is 47.9 Å². The van der Waals surface area contributed by atoms with E-state index in [9.17, 15) is 9.59 Å². The van der Waals surface area contributed by atoms with Gasteiger partial charge >= 0.3 is 5.97 Å². The van der Waals surface area contributed by atoms with Crippen molar-refractivity contribution in [1.29, 1.82) is 0 Å². The van der Waals surface area contributed by atoms with Gasteiger partial charge in [0.25, 0.3) is 5.91 Å². The predicted molar refractivity (Wildman–Crippen MR) is 89.2 cm³/mol. The van der Waals surface area contributed by atoms with Gasteiger partial charge in [-0.25, -0.2) is 4.79 Å². The summed E-state index contributed by atoms with van der Waals surface area (Å²) in [6, 6.07) is 11.1. The summed E-state index contributed by atoms with van der Waals surface area (Å²) in [6.45, 7) is 0.0647. The average molecular weight is 331 g/mol. The van der Waals surface area contributed by atoms with E-state index in [0.717, 1.165) is 16.2 Å². The Bertz CT molecular complexity index is 662. The van der Waals surface area contributed by atoms with Gasteiger partial charge in [-0.05, 0) is 35.2 Å². The Morgan fingerprint density at radius 1 is 1.22 bits per heavy atom. The highest BCUT2D eigenvalue weighted by Gasteiger charge is 2.05. The molecule has 1 aromatic heterocycles. The molecule has 0 saturated carbocycles. The fourth-order valence-corrected chi connectivity index (χ4v) is 2.33. The number of esters is 1. The molecule has 0 radical (unpaired) electrons. The van der Waals surface area contributed by atoms with Crippen LogP contribution in [-0.4, -0.2) is 25.6 Å². The molecule has 1 heterocycles. The fourth-order valence-electron chi connectivity index (χ4n) is 1.72. The van der Waals surface area contributed by atoms with Crippen LogP contribution in [0.5, 0.6) is 5.75 Å². The van der Waals surface area contributed by atoms with E-state index in [4.69, 9.17) is 9.47 Å². The third-order valence-electron chi connectivity index (χ3n) is 2.92. The van der Waals surface area contributed by atoms with Crippen LogP contribution in [0.1, 0.15) is 10.4 Å². The van der Waals surface area contributed by atoms with Crippen molar-refractivity contribution in [3.63, 3.8) is 0 Å². The first kappa shape index (κ1) is 16.8. The lowest BCUT2D eigenvalue weighted by atomic mass is 10.2. The zero-order valence-corrected chi connectivity index (χ0v) is 13.5. The number of hydrogen-bond donors (Lipinski definition) is 1. The minimum absolute atomic E-state index is 0.302. The second kappa shape index (κ2) is 8.75. The van der Waals surface area contributed by atoms with E-state index < -0.39 is 5.97 Å². The molecular formula is C17H17NO4S. The number of carbonyl (C=O) groups is 2. The van der Waals surface area contributed by atoms with Gasteiger partial charge in [0.15, 0.2) is 6.61 Å². The third kappa shape index (κ3) is 5.96. The Morgan fingerprint density at radius 2 is 2.00 bits per heavy atom. The van der Waals surface area contributed by atoms with Crippen LogP contribution in [0, 0.1) is 0 Å². The van der Waals surface area contributed by atoms with Gasteiger partial charge in [-0.15, -0.1) is 11.3 Å². The highest BCUT2D eigenvalue weighted by Crippen LogP contribution is 2.11. The van der Waals surface area contributed by atoms with Gasteiger partial charge in [0.1, 0.15) is 5.75 Å². The summed E-state index contributed by atoms with van der Waals surface area (Å²) in [6.07, 6.45) is 2.96. The highest BCUT2D eigenvalue weighted by molar-refractivity contribution is 7.10. The summed E-state index contributed by atoms with van der Waals surface area (Å²) >= 11 is 1.51. The molecule has 0 aliphatic rings. The molecule has 0 spiro atoms. The van der Waals surface area contributed by atoms with Crippen molar-refractivity contribution in [2.75, 3.05) is 13.7 Å². The molecule has 120 valence electrons. The van der Waals surface area contributed by atoms with Gasteiger partial charge in [0.2, 0.25) is 0 Å². The molecule has 0 aliphatic carbocycles. The molecule has 0 bridgehead atoms. The molecule has 1 aromatic carbocycles. The molecule has 0 saturated heterocycles. The number of carbonyl (C=O) groups excluding carboxylic acids is 2. The number of ether oxygens (including phenoxy) is 2. The number of hydrogen-bond acceptors (Lipinski definition) is 5. The standard InChI is InChI=1S/C17H17NO4S/c1-21-14-6-4-13(5-7-14)11-18-16(19)12-22-17(20)9-8-15-3-2-10-23-15/h2-10H,11-12H2,1H3,(H,18,19)/b9-8+. The van der Waals surface area contributed by atoms with E-state index in [1.165, 1.54) is 17.4 Å². The maximum absolute atomic E-state index is 11.6. The lowest BCUT2D eigenvalue weighted by Crippen LogP contribution is -2.28. The maximum atomic E-state index is 11.6. The quantitative estimate of drug-likeness (QED) is 0.626. The van der Waals surface area contributed by atoms with Crippen LogP contribution in [0.4, 0.5) is 0 Å². The topological polar surface area (TPSA) is 64.6 Å². The molecule has 0 aliphatic heterocycles. The van der Waals surface area contributed by atoms with Crippen LogP contribution >= 0.6 is 11.3 Å². The van der Waals surface area contributed by atoms with Gasteiger partial charge in [-0.1, -0.05) is 18.2 Å². The molecule has 6 heteroatoms. The molecule has 0 unspecified atom stereocenters. The molecule has 2 rings (SSSR count). The first-order chi connectivity index (χ1) is 11.2. The number of rotatable bonds is 7. The summed E-state index contributed by atoms with van der Waals surface area (Å²) in [4.78, 5) is 24.1. The zero-order chi connectivity index (χ0) is 16.5. The second-order valence-corrected chi connectivity index (χ2v) is 5.56. The van der Waals surface area contributed by atoms with Crippen LogP contribution in [0.3, 0.4) is 0 Å². The Kier molecular flexibility index (Phi) is 6.38. The summed E-state index contributed by atoms with van der Waals surface area (Å²) in [5.41, 5.74) is 0.933. The van der Waals surface area contributed by atoms with Gasteiger partial charge in [0.05, 0.1) is 7.11 Å². The molecule has 5 nitrogen and oxygen atoms in total. The monoisotopic (exact) mass is 331 g/mol. The third-order valence-corrected chi connectivity index (χ3v) is 3.76. The van der Waals surface area contributed by atoms with Gasteiger partial charge in [0, 0.05) is 17.5 Å². The number of nitrogens with one attached hydrogen (secondary N) is 1. The van der Waals surface area contributed by atoms with Gasteiger partial charge in [-0.2, -0.15) is 0 Å². The minimum Gasteiger partial charge on any atom is -0.497 e. The van der Waals surface area contributed by atoms with Crippen molar-refractivity contribution in [2.45, 2.75) is 6.54 Å². The van der Waals surface area contributed by atoms with E-state index in [1.54, 1.807) is 13.2 Å². The normalized spacial score (nSPS) is 10.5. The Morgan fingerprint density at radius 3 is 2.65 bits per heavy atom. The van der Waals surface area contributed by atoms with Crippen molar-refractivity contribution < 1.29 is 19.1 Å². The minimum atomic E-state index is -0.544. The van der Waals surface area contributed by atoms with E-state index >= 15 is 0 Å². The first-order valence-corrected chi connectivity index (χ1v) is 7.83. The van der Waals surface area contributed by atoms with Gasteiger partial charge in [-0.3, -0.25) is 4.79 Å². The molecular weight excluding hydrogens is 314 g/mol. The maximum Gasteiger partial charge on any atom is 0.331 e. The van der Waals surface area contributed by atoms with E-state index in [-0.39, 0.29) is 12.5 Å². The summed E-state index contributed by atoms with van der Waals surface area (Å²) in [5.74, 6) is -0.136. The van der Waals surface area contributed by atoms with E-state index in [0.29, 0.717) is 6.54 Å². The molecule has 23 heavy (non-hydrogen) atoms. The summed E-state index contributed by atoms with van der Waals surface area (Å²) in [7, 11) is 1.60. The predicted octanol–water partition coefficient (Wildman–Crippen LogP) is 2.63. The van der Waals surface area contributed by atoms with Crippen LogP contribution in [0.25, 0.3) is 6.08 Å². The molecule has 2 aromatic rings. The van der Waals surface area contributed by atoms with Crippen LogP contribution < -0.4 is 10.1 Å². The zero-order valence-electron chi connectivity index (χ0n) is 12.7. The number of amides is 1. The number of thiophene rings is 1. The Hall–Kier alpha value is -2.60.